The summed E-state index contributed by atoms with van der Waals surface area (Å²) < 4.78 is 0. The van der Waals surface area contributed by atoms with Gasteiger partial charge in [0.2, 0.25) is 0 Å². The molecule has 89 heavy (non-hydrogen) atoms. The highest BCUT2D eigenvalue weighted by atomic mass is 14.5. The standard InChI is InChI=1S/C89H88/c1-7-9-11-13-15-35-57-89(58-36-16-14-12-10-8-2)79-60-68(50-54-75(79)76-56-52-72(62-80(76)89)88(5,6)70-47-33-22-34-48-70)67-49-53-73-74-55-51-71(87(3,4)69-45-31-21-32-46-69)61-78(74)86-84(66-43-29-20-30-44-66)82(64-39-25-18-26-40-64)81(63-37-23-17-24-38-63)83(85(86)77(73)59-67)65-41-27-19-28-42-65/h17-34,37-56,59-62H,7-16,35-36,57-58H2,1-6H3. The van der Waals surface area contributed by atoms with Crippen LogP contribution in [-0.2, 0) is 16.2 Å². The van der Waals surface area contributed by atoms with Gasteiger partial charge in [0.15, 0.2) is 0 Å². The summed E-state index contributed by atoms with van der Waals surface area (Å²) in [6.07, 6.45) is 17.8. The Morgan fingerprint density at radius 1 is 0.258 bits per heavy atom. The summed E-state index contributed by atoms with van der Waals surface area (Å²) in [6, 6.07) is 97.8. The molecular formula is C89H88. The lowest BCUT2D eigenvalue weighted by atomic mass is 9.68. The van der Waals surface area contributed by atoms with Crippen molar-refractivity contribution < 1.29 is 0 Å². The van der Waals surface area contributed by atoms with Crippen molar-refractivity contribution in [2.24, 2.45) is 0 Å². The van der Waals surface area contributed by atoms with Gasteiger partial charge >= 0.3 is 0 Å². The first kappa shape index (κ1) is 59.4. The number of fused-ring (bicyclic) bond motifs is 9. The van der Waals surface area contributed by atoms with Gasteiger partial charge in [0, 0.05) is 16.2 Å². The van der Waals surface area contributed by atoms with Gasteiger partial charge in [0.1, 0.15) is 0 Å². The lowest BCUT2D eigenvalue weighted by Crippen LogP contribution is -2.27. The van der Waals surface area contributed by atoms with Crippen LogP contribution in [0.5, 0.6) is 0 Å². The van der Waals surface area contributed by atoms with Gasteiger partial charge in [0.05, 0.1) is 0 Å². The monoisotopic (exact) mass is 1160 g/mol. The number of rotatable bonds is 23. The predicted molar refractivity (Wildman–Crippen MR) is 385 cm³/mol. The maximum atomic E-state index is 2.68. The number of hydrogen-bond donors (Lipinski definition) is 0. The Balaban J connectivity index is 1.11. The molecule has 0 N–H and O–H groups in total. The van der Waals surface area contributed by atoms with E-state index in [1.807, 2.05) is 0 Å². The molecule has 0 amide bonds. The summed E-state index contributed by atoms with van der Waals surface area (Å²) in [5.74, 6) is 0. The maximum absolute atomic E-state index is 2.68. The average molecular weight is 1160 g/mol. The van der Waals surface area contributed by atoms with Crippen LogP contribution < -0.4 is 0 Å². The summed E-state index contributed by atoms with van der Waals surface area (Å²) in [6.45, 7) is 14.3. The Morgan fingerprint density at radius 2 is 0.596 bits per heavy atom. The molecule has 1 aliphatic carbocycles. The molecule has 12 aromatic carbocycles. The molecule has 12 aromatic rings. The normalized spacial score (nSPS) is 12.9. The number of hydrogen-bond acceptors (Lipinski definition) is 0. The summed E-state index contributed by atoms with van der Waals surface area (Å²) >= 11 is 0. The number of benzene rings is 12. The molecule has 0 nitrogen and oxygen atoms in total. The Morgan fingerprint density at radius 3 is 1.06 bits per heavy atom. The van der Waals surface area contributed by atoms with Crippen LogP contribution >= 0.6 is 0 Å². The lowest BCUT2D eigenvalue weighted by Gasteiger charge is -2.35. The first-order chi connectivity index (χ1) is 43.6. The Bertz CT molecular complexity index is 4380. The Hall–Kier alpha value is -8.58. The average Bonchev–Trinajstić information content (AvgIpc) is 1.10. The first-order valence-electron chi connectivity index (χ1n) is 33.8. The summed E-state index contributed by atoms with van der Waals surface area (Å²) in [7, 11) is 0. The van der Waals surface area contributed by atoms with Gasteiger partial charge in [-0.3, -0.25) is 0 Å². The van der Waals surface area contributed by atoms with Crippen LogP contribution in [0.25, 0.3) is 99.1 Å². The van der Waals surface area contributed by atoms with Gasteiger partial charge in [-0.15, -0.1) is 0 Å². The van der Waals surface area contributed by atoms with E-state index in [1.54, 1.807) is 5.56 Å². The molecule has 0 atom stereocenters. The van der Waals surface area contributed by atoms with Crippen LogP contribution in [0.4, 0.5) is 0 Å². The van der Waals surface area contributed by atoms with Gasteiger partial charge in [0.25, 0.3) is 0 Å². The zero-order valence-corrected chi connectivity index (χ0v) is 53.6. The zero-order chi connectivity index (χ0) is 61.0. The molecule has 0 unspecified atom stereocenters. The van der Waals surface area contributed by atoms with Crippen molar-refractivity contribution >= 4 is 32.3 Å². The third-order valence-electron chi connectivity index (χ3n) is 20.7. The molecule has 0 aromatic heterocycles. The third-order valence-corrected chi connectivity index (χ3v) is 20.7. The van der Waals surface area contributed by atoms with E-state index in [-0.39, 0.29) is 16.2 Å². The van der Waals surface area contributed by atoms with E-state index >= 15 is 0 Å². The Labute approximate surface area is 531 Å². The molecule has 0 heteroatoms. The van der Waals surface area contributed by atoms with E-state index in [9.17, 15) is 0 Å². The van der Waals surface area contributed by atoms with Crippen molar-refractivity contribution in [2.45, 2.75) is 148 Å². The molecule has 0 bridgehead atoms. The molecule has 0 fully saturated rings. The van der Waals surface area contributed by atoms with Crippen molar-refractivity contribution in [3.8, 4) is 66.8 Å². The van der Waals surface area contributed by atoms with Crippen LogP contribution in [0.1, 0.15) is 165 Å². The molecule has 0 radical (unpaired) electrons. The highest BCUT2D eigenvalue weighted by Crippen LogP contribution is 2.58. The fourth-order valence-electron chi connectivity index (χ4n) is 15.6. The minimum atomic E-state index is -0.270. The van der Waals surface area contributed by atoms with Crippen LogP contribution in [0.15, 0.2) is 255 Å². The first-order valence-corrected chi connectivity index (χ1v) is 33.8. The van der Waals surface area contributed by atoms with Crippen LogP contribution in [-0.4, -0.2) is 0 Å². The zero-order valence-electron chi connectivity index (χ0n) is 53.6. The van der Waals surface area contributed by atoms with E-state index < -0.39 is 0 Å². The van der Waals surface area contributed by atoms with Crippen molar-refractivity contribution in [1.82, 2.24) is 0 Å². The molecule has 13 rings (SSSR count). The lowest BCUT2D eigenvalue weighted by molar-refractivity contribution is 0.397. The molecule has 444 valence electrons. The maximum Gasteiger partial charge on any atom is 0.0215 e. The fourth-order valence-corrected chi connectivity index (χ4v) is 15.6. The molecule has 0 saturated heterocycles. The molecule has 0 heterocycles. The van der Waals surface area contributed by atoms with E-state index in [4.69, 9.17) is 0 Å². The highest BCUT2D eigenvalue weighted by Gasteiger charge is 2.43. The van der Waals surface area contributed by atoms with Crippen LogP contribution in [0.2, 0.25) is 0 Å². The Kier molecular flexibility index (Phi) is 17.3. The minimum Gasteiger partial charge on any atom is -0.0654 e. The van der Waals surface area contributed by atoms with Crippen LogP contribution in [0.3, 0.4) is 0 Å². The minimum absolute atomic E-state index is 0.104. The topological polar surface area (TPSA) is 0 Å². The second-order valence-electron chi connectivity index (χ2n) is 26.9. The van der Waals surface area contributed by atoms with Gasteiger partial charge in [-0.25, -0.2) is 0 Å². The van der Waals surface area contributed by atoms with Crippen molar-refractivity contribution in [3.63, 3.8) is 0 Å². The largest absolute Gasteiger partial charge is 0.0654 e. The SMILES string of the molecule is CCCCCCCCC1(CCCCCCCC)c2cc(-c3ccc4c5ccc(C(C)(C)c6ccccc6)cc5c5c(-c6ccccc6)c(-c6ccccc6)c(-c6ccccc6)c(-c6ccccc6)c5c4c3)ccc2-c2ccc(C(C)(C)c3ccccc3)cc21. The number of unbranched alkanes of at least 4 members (excludes halogenated alkanes) is 10. The predicted octanol–water partition coefficient (Wildman–Crippen LogP) is 25.9. The van der Waals surface area contributed by atoms with Gasteiger partial charge in [-0.05, 0) is 164 Å². The van der Waals surface area contributed by atoms with E-state index in [0.717, 1.165) is 0 Å². The van der Waals surface area contributed by atoms with Gasteiger partial charge in [-0.2, -0.15) is 0 Å². The van der Waals surface area contributed by atoms with Crippen molar-refractivity contribution in [1.29, 1.82) is 0 Å². The highest BCUT2D eigenvalue weighted by molar-refractivity contribution is 6.35. The van der Waals surface area contributed by atoms with Gasteiger partial charge < -0.3 is 0 Å². The van der Waals surface area contributed by atoms with Crippen molar-refractivity contribution in [2.75, 3.05) is 0 Å². The molecule has 0 saturated carbocycles. The van der Waals surface area contributed by atoms with Crippen LogP contribution in [0, 0.1) is 0 Å². The second kappa shape index (κ2) is 25.9. The van der Waals surface area contributed by atoms with E-state index in [0.29, 0.717) is 0 Å². The van der Waals surface area contributed by atoms with E-state index in [2.05, 4.69) is 296 Å². The molecule has 0 aliphatic heterocycles. The second-order valence-corrected chi connectivity index (χ2v) is 26.9. The molecular weight excluding hydrogens is 1070 g/mol. The summed E-state index contributed by atoms with van der Waals surface area (Å²) in [4.78, 5) is 0. The van der Waals surface area contributed by atoms with E-state index in [1.165, 1.54) is 217 Å². The van der Waals surface area contributed by atoms with Gasteiger partial charge in [-0.1, -0.05) is 355 Å². The smallest absolute Gasteiger partial charge is 0.0215 e. The fraction of sp³-hybridized carbons (Fsp3) is 0.258. The third kappa shape index (κ3) is 11.3. The summed E-state index contributed by atoms with van der Waals surface area (Å²) in [5.41, 5.74) is 23.2. The summed E-state index contributed by atoms with van der Waals surface area (Å²) in [5, 5.41) is 7.66. The quantitative estimate of drug-likeness (QED) is 0.0442. The van der Waals surface area contributed by atoms with Crippen molar-refractivity contribution in [3.05, 3.63) is 288 Å². The molecule has 1 aliphatic rings. The molecule has 0 spiro atoms.